The molecular formula is C13H8F7O5-. The molecule has 0 fully saturated rings. The highest BCUT2D eigenvalue weighted by atomic mass is 19.4. The van der Waals surface area contributed by atoms with Crippen molar-refractivity contribution in [2.75, 3.05) is 13.2 Å². The van der Waals surface area contributed by atoms with E-state index in [-0.39, 0.29) is 5.56 Å². The molecule has 0 heterocycles. The third-order valence-electron chi connectivity index (χ3n) is 2.72. The van der Waals surface area contributed by atoms with Crippen LogP contribution in [0, 0.1) is 5.82 Å². The second-order valence-electron chi connectivity index (χ2n) is 4.46. The van der Waals surface area contributed by atoms with Gasteiger partial charge in [0.25, 0.3) is 0 Å². The summed E-state index contributed by atoms with van der Waals surface area (Å²) in [6.07, 6.45) is -13.0. The monoisotopic (exact) mass is 377 g/mol. The first-order valence-electron chi connectivity index (χ1n) is 6.24. The van der Waals surface area contributed by atoms with Gasteiger partial charge in [0.05, 0.1) is 5.56 Å². The molecule has 0 N–H and O–H groups in total. The van der Waals surface area contributed by atoms with E-state index in [4.69, 9.17) is 0 Å². The summed E-state index contributed by atoms with van der Waals surface area (Å²) in [5, 5.41) is 11.0. The number of hydrogen-bond donors (Lipinski definition) is 0. The highest BCUT2D eigenvalue weighted by molar-refractivity contribution is 5.89. The smallest absolute Gasteiger partial charge is 0.399 e. The quantitative estimate of drug-likeness (QED) is 0.444. The van der Waals surface area contributed by atoms with E-state index >= 15 is 0 Å². The van der Waals surface area contributed by atoms with Crippen molar-refractivity contribution in [2.45, 2.75) is 18.0 Å². The number of ether oxygens (including phenoxy) is 2. The van der Waals surface area contributed by atoms with Crippen molar-refractivity contribution in [1.29, 1.82) is 0 Å². The Morgan fingerprint density at radius 1 is 0.880 bits per heavy atom. The van der Waals surface area contributed by atoms with Crippen LogP contribution in [0.15, 0.2) is 24.3 Å². The van der Waals surface area contributed by atoms with Crippen LogP contribution in [0.3, 0.4) is 0 Å². The van der Waals surface area contributed by atoms with Crippen molar-refractivity contribution in [3.8, 4) is 0 Å². The van der Waals surface area contributed by atoms with Gasteiger partial charge in [0.1, 0.15) is 19.0 Å². The number of esters is 2. The Bertz CT molecular complexity index is 607. The molecule has 0 aliphatic carbocycles. The molecule has 1 aromatic carbocycles. The molecule has 0 amide bonds. The van der Waals surface area contributed by atoms with Gasteiger partial charge in [-0.05, 0) is 24.3 Å². The molecule has 0 aliphatic heterocycles. The lowest BCUT2D eigenvalue weighted by molar-refractivity contribution is -0.574. The molecule has 0 radical (unpaired) electrons. The summed E-state index contributed by atoms with van der Waals surface area (Å²) in [6, 6.07) is 3.80. The van der Waals surface area contributed by atoms with Crippen LogP contribution >= 0.6 is 0 Å². The zero-order valence-electron chi connectivity index (χ0n) is 11.9. The fourth-order valence-electron chi connectivity index (χ4n) is 1.43. The van der Waals surface area contributed by atoms with Crippen LogP contribution in [0.2, 0.25) is 0 Å². The van der Waals surface area contributed by atoms with Gasteiger partial charge in [0, 0.05) is 0 Å². The number of halogens is 7. The summed E-state index contributed by atoms with van der Waals surface area (Å²) in [4.78, 5) is 22.4. The van der Waals surface area contributed by atoms with Crippen LogP contribution in [0.4, 0.5) is 30.7 Å². The SMILES string of the molecule is O=C(OCCOC(=O)C([O-])(C(F)(F)F)C(F)(F)F)c1ccc(F)cc1. The van der Waals surface area contributed by atoms with Gasteiger partial charge in [-0.2, -0.15) is 26.3 Å². The summed E-state index contributed by atoms with van der Waals surface area (Å²) in [5.41, 5.74) is -6.13. The molecule has 0 saturated heterocycles. The predicted molar refractivity (Wildman–Crippen MR) is 62.5 cm³/mol. The first-order chi connectivity index (χ1) is 11.3. The van der Waals surface area contributed by atoms with Crippen LogP contribution in [0.5, 0.6) is 0 Å². The van der Waals surface area contributed by atoms with Crippen LogP contribution < -0.4 is 5.11 Å². The van der Waals surface area contributed by atoms with Gasteiger partial charge in [0.15, 0.2) is 5.60 Å². The summed E-state index contributed by atoms with van der Waals surface area (Å²) < 4.78 is 94.4. The maximum absolute atomic E-state index is 12.6. The van der Waals surface area contributed by atoms with E-state index in [0.29, 0.717) is 0 Å². The predicted octanol–water partition coefficient (Wildman–Crippen LogP) is 1.75. The molecule has 0 atom stereocenters. The topological polar surface area (TPSA) is 75.7 Å². The van der Waals surface area contributed by atoms with Crippen molar-refractivity contribution < 1.29 is 54.9 Å². The maximum Gasteiger partial charge on any atom is 0.399 e. The highest BCUT2D eigenvalue weighted by Crippen LogP contribution is 2.41. The van der Waals surface area contributed by atoms with E-state index in [9.17, 15) is 45.4 Å². The van der Waals surface area contributed by atoms with Crippen molar-refractivity contribution in [1.82, 2.24) is 0 Å². The summed E-state index contributed by atoms with van der Waals surface area (Å²) in [5.74, 6) is -4.89. The van der Waals surface area contributed by atoms with Crippen molar-refractivity contribution in [2.24, 2.45) is 0 Å². The molecule has 0 saturated carbocycles. The van der Waals surface area contributed by atoms with Crippen LogP contribution in [0.25, 0.3) is 0 Å². The Hall–Kier alpha value is -2.37. The number of benzene rings is 1. The zero-order valence-corrected chi connectivity index (χ0v) is 11.9. The Labute approximate surface area is 134 Å². The zero-order chi connectivity index (χ0) is 19.5. The Balaban J connectivity index is 2.61. The van der Waals surface area contributed by atoms with E-state index in [0.717, 1.165) is 24.3 Å². The molecule has 0 bridgehead atoms. The van der Waals surface area contributed by atoms with Gasteiger partial charge >= 0.3 is 24.3 Å². The van der Waals surface area contributed by atoms with E-state index in [1.807, 2.05) is 0 Å². The van der Waals surface area contributed by atoms with Crippen molar-refractivity contribution >= 4 is 11.9 Å². The molecule has 140 valence electrons. The minimum absolute atomic E-state index is 0.170. The second kappa shape index (κ2) is 7.25. The minimum Gasteiger partial charge on any atom is -0.828 e. The summed E-state index contributed by atoms with van der Waals surface area (Å²) in [7, 11) is 0. The highest BCUT2D eigenvalue weighted by Gasteiger charge is 2.68. The third kappa shape index (κ3) is 4.59. The van der Waals surface area contributed by atoms with Crippen LogP contribution in [0.1, 0.15) is 10.4 Å². The summed E-state index contributed by atoms with van der Waals surface area (Å²) >= 11 is 0. The molecule has 0 aliphatic rings. The number of carbonyl (C=O) groups excluding carboxylic acids is 2. The normalized spacial score (nSPS) is 12.6. The molecule has 0 spiro atoms. The molecule has 0 unspecified atom stereocenters. The number of carbonyl (C=O) groups is 2. The fourth-order valence-corrected chi connectivity index (χ4v) is 1.43. The maximum atomic E-state index is 12.6. The average Bonchev–Trinajstić information content (AvgIpc) is 2.48. The number of rotatable bonds is 5. The summed E-state index contributed by atoms with van der Waals surface area (Å²) in [6.45, 7) is -2.14. The van der Waals surface area contributed by atoms with Gasteiger partial charge < -0.3 is 14.6 Å². The van der Waals surface area contributed by atoms with Crippen LogP contribution in [-0.2, 0) is 14.3 Å². The van der Waals surface area contributed by atoms with Crippen LogP contribution in [-0.4, -0.2) is 43.1 Å². The number of alkyl halides is 6. The third-order valence-corrected chi connectivity index (χ3v) is 2.72. The van der Waals surface area contributed by atoms with Gasteiger partial charge in [-0.1, -0.05) is 0 Å². The first-order valence-corrected chi connectivity index (χ1v) is 6.24. The minimum atomic E-state index is -6.48. The first kappa shape index (κ1) is 20.7. The standard InChI is InChI=1S/C13H8F7O5/c14-8-3-1-7(2-4-8)9(21)24-5-6-25-10(22)11(23,12(15,16)17)13(18,19)20/h1-4H,5-6H2/q-1. The molecule has 12 heteroatoms. The Kier molecular flexibility index (Phi) is 6.00. The average molecular weight is 377 g/mol. The Morgan fingerprint density at radius 2 is 1.32 bits per heavy atom. The van der Waals surface area contributed by atoms with E-state index in [1.165, 1.54) is 0 Å². The lowest BCUT2D eigenvalue weighted by atomic mass is 10.0. The molecule has 5 nitrogen and oxygen atoms in total. The molecular weight excluding hydrogens is 369 g/mol. The van der Waals surface area contributed by atoms with Gasteiger partial charge in [-0.25, -0.2) is 9.18 Å². The largest absolute Gasteiger partial charge is 0.828 e. The van der Waals surface area contributed by atoms with E-state index in [2.05, 4.69) is 9.47 Å². The van der Waals surface area contributed by atoms with E-state index in [1.54, 1.807) is 0 Å². The van der Waals surface area contributed by atoms with Gasteiger partial charge in [-0.3, -0.25) is 4.79 Å². The molecule has 25 heavy (non-hydrogen) atoms. The molecule has 1 aromatic rings. The Morgan fingerprint density at radius 3 is 1.76 bits per heavy atom. The number of hydrogen-bond acceptors (Lipinski definition) is 5. The van der Waals surface area contributed by atoms with Crippen molar-refractivity contribution in [3.63, 3.8) is 0 Å². The molecule has 1 rings (SSSR count). The molecule has 0 aromatic heterocycles. The lowest BCUT2D eigenvalue weighted by Gasteiger charge is -2.40. The fraction of sp³-hybridized carbons (Fsp3) is 0.385. The van der Waals surface area contributed by atoms with Gasteiger partial charge in [-0.15, -0.1) is 0 Å². The lowest BCUT2D eigenvalue weighted by Crippen LogP contribution is -2.71. The van der Waals surface area contributed by atoms with Crippen molar-refractivity contribution in [3.05, 3.63) is 35.6 Å². The second-order valence-corrected chi connectivity index (χ2v) is 4.46. The van der Waals surface area contributed by atoms with Gasteiger partial charge in [0.2, 0.25) is 0 Å². The van der Waals surface area contributed by atoms with E-state index < -0.39 is 48.9 Å².